The highest BCUT2D eigenvalue weighted by molar-refractivity contribution is 5.82. The van der Waals surface area contributed by atoms with Gasteiger partial charge in [-0.3, -0.25) is 4.79 Å². The molecule has 4 heteroatoms. The summed E-state index contributed by atoms with van der Waals surface area (Å²) in [5.41, 5.74) is 5.24. The quantitative estimate of drug-likeness (QED) is 0.889. The molecule has 0 aliphatic heterocycles. The highest BCUT2D eigenvalue weighted by Gasteiger charge is 2.35. The number of nitrogens with two attached hydrogens (primary N) is 1. The van der Waals surface area contributed by atoms with Gasteiger partial charge in [-0.05, 0) is 38.8 Å². The van der Waals surface area contributed by atoms with Crippen molar-refractivity contribution in [2.45, 2.75) is 52.1 Å². The lowest BCUT2D eigenvalue weighted by atomic mass is 9.91. The van der Waals surface area contributed by atoms with Crippen molar-refractivity contribution in [3.8, 4) is 0 Å². The van der Waals surface area contributed by atoms with Crippen LogP contribution in [0.15, 0.2) is 22.8 Å². The van der Waals surface area contributed by atoms with Crippen LogP contribution < -0.4 is 5.73 Å². The summed E-state index contributed by atoms with van der Waals surface area (Å²) in [7, 11) is 0. The number of carbonyl (C=O) groups excluding carboxylic acids is 1. The predicted octanol–water partition coefficient (Wildman–Crippen LogP) is 2.54. The first kappa shape index (κ1) is 14.1. The first-order valence-electron chi connectivity index (χ1n) is 7.08. The van der Waals surface area contributed by atoms with Crippen molar-refractivity contribution < 1.29 is 9.21 Å². The molecule has 0 atom stereocenters. The van der Waals surface area contributed by atoms with Gasteiger partial charge in [0.1, 0.15) is 5.76 Å². The largest absolute Gasteiger partial charge is 0.467 e. The summed E-state index contributed by atoms with van der Waals surface area (Å²) < 4.78 is 5.39. The molecular formula is C15H24N2O2. The Hall–Kier alpha value is -1.29. The number of nitrogens with zero attached hydrogens (tertiary/aromatic N) is 1. The van der Waals surface area contributed by atoms with E-state index in [1.165, 1.54) is 12.8 Å². The van der Waals surface area contributed by atoms with Crippen molar-refractivity contribution in [2.24, 2.45) is 11.1 Å². The summed E-state index contributed by atoms with van der Waals surface area (Å²) in [6.45, 7) is 4.76. The number of carbonyl (C=O) groups is 1. The highest BCUT2D eigenvalue weighted by Crippen LogP contribution is 2.29. The SMILES string of the molecule is CC(C)(CN)C(=O)N(Cc1ccco1)C1CCCC1. The topological polar surface area (TPSA) is 59.5 Å². The smallest absolute Gasteiger partial charge is 0.230 e. The maximum Gasteiger partial charge on any atom is 0.230 e. The summed E-state index contributed by atoms with van der Waals surface area (Å²) in [5, 5.41) is 0. The first-order valence-corrected chi connectivity index (χ1v) is 7.08. The van der Waals surface area contributed by atoms with Gasteiger partial charge >= 0.3 is 0 Å². The second-order valence-corrected chi connectivity index (χ2v) is 6.04. The zero-order valence-electron chi connectivity index (χ0n) is 11.9. The molecule has 1 saturated carbocycles. The van der Waals surface area contributed by atoms with Gasteiger partial charge in [0.2, 0.25) is 5.91 Å². The van der Waals surface area contributed by atoms with E-state index in [0.29, 0.717) is 19.1 Å². The minimum atomic E-state index is -0.505. The van der Waals surface area contributed by atoms with E-state index in [9.17, 15) is 4.79 Å². The normalized spacial score (nSPS) is 16.8. The number of furan rings is 1. The standard InChI is InChI=1S/C15H24N2O2/c1-15(2,11-16)14(18)17(12-6-3-4-7-12)10-13-8-5-9-19-13/h5,8-9,12H,3-4,6-7,10-11,16H2,1-2H3. The molecule has 0 saturated heterocycles. The third-order valence-corrected chi connectivity index (χ3v) is 4.02. The maximum atomic E-state index is 12.7. The van der Waals surface area contributed by atoms with Gasteiger partial charge in [0, 0.05) is 12.6 Å². The molecule has 19 heavy (non-hydrogen) atoms. The van der Waals surface area contributed by atoms with Gasteiger partial charge in [0.05, 0.1) is 18.2 Å². The molecule has 0 radical (unpaired) electrons. The molecule has 1 aromatic heterocycles. The fourth-order valence-corrected chi connectivity index (χ4v) is 2.63. The molecular weight excluding hydrogens is 240 g/mol. The molecule has 2 rings (SSSR count). The van der Waals surface area contributed by atoms with E-state index >= 15 is 0 Å². The van der Waals surface area contributed by atoms with Gasteiger partial charge < -0.3 is 15.1 Å². The Labute approximate surface area is 114 Å². The number of hydrogen-bond donors (Lipinski definition) is 1. The van der Waals surface area contributed by atoms with Crippen LogP contribution in [0.1, 0.15) is 45.3 Å². The molecule has 1 aromatic rings. The Bertz CT molecular complexity index is 406. The molecule has 1 amide bonds. The van der Waals surface area contributed by atoms with Gasteiger partial charge in [-0.1, -0.05) is 12.8 Å². The van der Waals surface area contributed by atoms with E-state index < -0.39 is 5.41 Å². The van der Waals surface area contributed by atoms with E-state index in [2.05, 4.69) is 0 Å². The van der Waals surface area contributed by atoms with Crippen molar-refractivity contribution in [1.29, 1.82) is 0 Å². The monoisotopic (exact) mass is 264 g/mol. The summed E-state index contributed by atoms with van der Waals surface area (Å²) in [6, 6.07) is 4.12. The van der Waals surface area contributed by atoms with E-state index in [4.69, 9.17) is 10.2 Å². The van der Waals surface area contributed by atoms with Gasteiger partial charge in [0.25, 0.3) is 0 Å². The Morgan fingerprint density at radius 1 is 1.47 bits per heavy atom. The lowest BCUT2D eigenvalue weighted by Gasteiger charge is -2.35. The van der Waals surface area contributed by atoms with Crippen LogP contribution in [0.25, 0.3) is 0 Å². The molecule has 1 fully saturated rings. The van der Waals surface area contributed by atoms with Gasteiger partial charge in [-0.2, -0.15) is 0 Å². The molecule has 2 N–H and O–H groups in total. The maximum absolute atomic E-state index is 12.7. The van der Waals surface area contributed by atoms with Gasteiger partial charge in [-0.15, -0.1) is 0 Å². The molecule has 4 nitrogen and oxygen atoms in total. The molecule has 1 aliphatic rings. The number of rotatable bonds is 5. The summed E-state index contributed by atoms with van der Waals surface area (Å²) in [5.74, 6) is 0.978. The fraction of sp³-hybridized carbons (Fsp3) is 0.667. The van der Waals surface area contributed by atoms with Gasteiger partial charge in [-0.25, -0.2) is 0 Å². The van der Waals surface area contributed by atoms with E-state index in [1.54, 1.807) is 6.26 Å². The average molecular weight is 264 g/mol. The zero-order chi connectivity index (χ0) is 13.9. The third kappa shape index (κ3) is 3.18. The van der Waals surface area contributed by atoms with Crippen LogP contribution in [0.2, 0.25) is 0 Å². The number of hydrogen-bond acceptors (Lipinski definition) is 3. The van der Waals surface area contributed by atoms with E-state index in [1.807, 2.05) is 30.9 Å². The summed E-state index contributed by atoms with van der Waals surface area (Å²) in [6.07, 6.45) is 6.24. The minimum absolute atomic E-state index is 0.137. The molecule has 106 valence electrons. The molecule has 1 aliphatic carbocycles. The van der Waals surface area contributed by atoms with Crippen LogP contribution in [-0.2, 0) is 11.3 Å². The van der Waals surface area contributed by atoms with Crippen LogP contribution in [0.3, 0.4) is 0 Å². The van der Waals surface area contributed by atoms with Crippen LogP contribution in [0.5, 0.6) is 0 Å². The van der Waals surface area contributed by atoms with Crippen molar-refractivity contribution in [3.05, 3.63) is 24.2 Å². The first-order chi connectivity index (χ1) is 9.04. The van der Waals surface area contributed by atoms with Crippen molar-refractivity contribution in [3.63, 3.8) is 0 Å². The van der Waals surface area contributed by atoms with Crippen LogP contribution in [-0.4, -0.2) is 23.4 Å². The third-order valence-electron chi connectivity index (χ3n) is 4.02. The Balaban J connectivity index is 2.16. The van der Waals surface area contributed by atoms with Crippen molar-refractivity contribution in [2.75, 3.05) is 6.54 Å². The lowest BCUT2D eigenvalue weighted by molar-refractivity contribution is -0.143. The molecule has 1 heterocycles. The highest BCUT2D eigenvalue weighted by atomic mass is 16.3. The predicted molar refractivity (Wildman–Crippen MR) is 74.3 cm³/mol. The average Bonchev–Trinajstić information content (AvgIpc) is 3.07. The Kier molecular flexibility index (Phi) is 4.30. The summed E-state index contributed by atoms with van der Waals surface area (Å²) >= 11 is 0. The Morgan fingerprint density at radius 3 is 2.68 bits per heavy atom. The lowest BCUT2D eigenvalue weighted by Crippen LogP contribution is -2.48. The molecule has 0 bridgehead atoms. The van der Waals surface area contributed by atoms with Crippen LogP contribution in [0.4, 0.5) is 0 Å². The van der Waals surface area contributed by atoms with Crippen molar-refractivity contribution >= 4 is 5.91 Å². The second kappa shape index (κ2) is 5.78. The number of amides is 1. The van der Waals surface area contributed by atoms with Crippen LogP contribution >= 0.6 is 0 Å². The Morgan fingerprint density at radius 2 is 2.16 bits per heavy atom. The molecule has 0 unspecified atom stereocenters. The molecule has 0 aromatic carbocycles. The summed E-state index contributed by atoms with van der Waals surface area (Å²) in [4.78, 5) is 14.7. The zero-order valence-corrected chi connectivity index (χ0v) is 11.9. The minimum Gasteiger partial charge on any atom is -0.467 e. The van der Waals surface area contributed by atoms with E-state index in [0.717, 1.165) is 18.6 Å². The second-order valence-electron chi connectivity index (χ2n) is 6.04. The fourth-order valence-electron chi connectivity index (χ4n) is 2.63. The van der Waals surface area contributed by atoms with Crippen LogP contribution in [0, 0.1) is 5.41 Å². The molecule has 0 spiro atoms. The van der Waals surface area contributed by atoms with Gasteiger partial charge in [0.15, 0.2) is 0 Å². The van der Waals surface area contributed by atoms with E-state index in [-0.39, 0.29) is 5.91 Å². The van der Waals surface area contributed by atoms with Crippen molar-refractivity contribution in [1.82, 2.24) is 4.90 Å².